The molecule has 146 valence electrons. The standard InChI is InChI=1S/C22H41NO2/c1-4-6-7-8-9-10-11-12-13-14-15-16-17-18-19-20-22(24)23(25-3)21-5-2/h5,12-13H,2,4,6-11,14-21H2,1,3H3/b13-12-. The molecule has 0 unspecified atom stereocenters. The Balaban J connectivity index is 3.34. The fourth-order valence-corrected chi connectivity index (χ4v) is 2.87. The zero-order valence-corrected chi connectivity index (χ0v) is 16.8. The molecule has 0 aromatic rings. The Bertz CT molecular complexity index is 339. The molecule has 0 aromatic heterocycles. The van der Waals surface area contributed by atoms with Crippen LogP contribution in [0.15, 0.2) is 24.8 Å². The Kier molecular flexibility index (Phi) is 18.4. The van der Waals surface area contributed by atoms with E-state index in [4.69, 9.17) is 4.84 Å². The van der Waals surface area contributed by atoms with Crippen LogP contribution in [-0.4, -0.2) is 24.6 Å². The molecule has 1 amide bonds. The fourth-order valence-electron chi connectivity index (χ4n) is 2.87. The van der Waals surface area contributed by atoms with Crippen LogP contribution in [0.4, 0.5) is 0 Å². The van der Waals surface area contributed by atoms with Gasteiger partial charge in [0.2, 0.25) is 5.91 Å². The van der Waals surface area contributed by atoms with Crippen molar-refractivity contribution >= 4 is 5.91 Å². The Morgan fingerprint density at radius 2 is 1.40 bits per heavy atom. The summed E-state index contributed by atoms with van der Waals surface area (Å²) in [4.78, 5) is 16.9. The number of allylic oxidation sites excluding steroid dienone is 2. The molecule has 25 heavy (non-hydrogen) atoms. The van der Waals surface area contributed by atoms with Crippen molar-refractivity contribution < 1.29 is 9.63 Å². The van der Waals surface area contributed by atoms with Crippen LogP contribution in [0, 0.1) is 0 Å². The van der Waals surface area contributed by atoms with E-state index in [9.17, 15) is 4.79 Å². The maximum Gasteiger partial charge on any atom is 0.246 e. The third-order valence-corrected chi connectivity index (χ3v) is 4.45. The Morgan fingerprint density at radius 1 is 0.880 bits per heavy atom. The minimum atomic E-state index is 0.0556. The number of unbranched alkanes of at least 4 members (excludes halogenated alkanes) is 11. The van der Waals surface area contributed by atoms with Crippen LogP contribution >= 0.6 is 0 Å². The monoisotopic (exact) mass is 351 g/mol. The number of amides is 1. The number of hydroxylamine groups is 2. The molecule has 0 saturated heterocycles. The lowest BCUT2D eigenvalue weighted by Gasteiger charge is -2.17. The molecule has 0 fully saturated rings. The molecular formula is C22H41NO2. The van der Waals surface area contributed by atoms with E-state index >= 15 is 0 Å². The minimum Gasteiger partial charge on any atom is -0.274 e. The Hall–Kier alpha value is -1.09. The van der Waals surface area contributed by atoms with Gasteiger partial charge in [0, 0.05) is 6.42 Å². The van der Waals surface area contributed by atoms with Crippen molar-refractivity contribution in [1.29, 1.82) is 0 Å². The first kappa shape index (κ1) is 23.9. The first-order valence-corrected chi connectivity index (χ1v) is 10.4. The normalized spacial score (nSPS) is 11.1. The molecule has 0 bridgehead atoms. The van der Waals surface area contributed by atoms with Gasteiger partial charge in [-0.25, -0.2) is 5.06 Å². The second-order valence-corrected chi connectivity index (χ2v) is 6.76. The van der Waals surface area contributed by atoms with Crippen molar-refractivity contribution in [1.82, 2.24) is 5.06 Å². The predicted molar refractivity (Wildman–Crippen MR) is 108 cm³/mol. The van der Waals surface area contributed by atoms with Crippen LogP contribution in [0.25, 0.3) is 0 Å². The smallest absolute Gasteiger partial charge is 0.246 e. The van der Waals surface area contributed by atoms with E-state index in [0.29, 0.717) is 13.0 Å². The van der Waals surface area contributed by atoms with E-state index in [1.54, 1.807) is 6.08 Å². The van der Waals surface area contributed by atoms with Gasteiger partial charge in [-0.3, -0.25) is 9.63 Å². The maximum atomic E-state index is 11.8. The number of carbonyl (C=O) groups is 1. The topological polar surface area (TPSA) is 29.5 Å². The van der Waals surface area contributed by atoms with Gasteiger partial charge >= 0.3 is 0 Å². The lowest BCUT2D eigenvalue weighted by Crippen LogP contribution is -2.29. The second kappa shape index (κ2) is 19.2. The molecule has 0 aliphatic rings. The molecule has 3 heteroatoms. The summed E-state index contributed by atoms with van der Waals surface area (Å²) in [6, 6.07) is 0. The number of carbonyl (C=O) groups excluding carboxylic acids is 1. The van der Waals surface area contributed by atoms with Crippen molar-refractivity contribution in [3.8, 4) is 0 Å². The van der Waals surface area contributed by atoms with Gasteiger partial charge in [-0.2, -0.15) is 0 Å². The highest BCUT2D eigenvalue weighted by Gasteiger charge is 2.10. The molecule has 0 spiro atoms. The lowest BCUT2D eigenvalue weighted by molar-refractivity contribution is -0.173. The van der Waals surface area contributed by atoms with Crippen molar-refractivity contribution in [2.24, 2.45) is 0 Å². The first-order chi connectivity index (χ1) is 12.3. The largest absolute Gasteiger partial charge is 0.274 e. The SMILES string of the molecule is C=CCN(OC)C(=O)CCCCCCC/C=C\CCCCCCCC. The van der Waals surface area contributed by atoms with Gasteiger partial charge in [0.05, 0.1) is 13.7 Å². The predicted octanol–water partition coefficient (Wildman–Crippen LogP) is 6.60. The number of hydrogen-bond acceptors (Lipinski definition) is 2. The van der Waals surface area contributed by atoms with Gasteiger partial charge < -0.3 is 0 Å². The van der Waals surface area contributed by atoms with Gasteiger partial charge in [0.25, 0.3) is 0 Å². The summed E-state index contributed by atoms with van der Waals surface area (Å²) >= 11 is 0. The minimum absolute atomic E-state index is 0.0556. The highest BCUT2D eigenvalue weighted by Crippen LogP contribution is 2.10. The van der Waals surface area contributed by atoms with Crippen molar-refractivity contribution in [3.63, 3.8) is 0 Å². The van der Waals surface area contributed by atoms with Crippen LogP contribution < -0.4 is 0 Å². The summed E-state index contributed by atoms with van der Waals surface area (Å²) < 4.78 is 0. The Morgan fingerprint density at radius 3 is 1.92 bits per heavy atom. The van der Waals surface area contributed by atoms with E-state index < -0.39 is 0 Å². The van der Waals surface area contributed by atoms with Crippen molar-refractivity contribution in [2.45, 2.75) is 96.8 Å². The average Bonchev–Trinajstić information content (AvgIpc) is 2.62. The van der Waals surface area contributed by atoms with Gasteiger partial charge in [0.1, 0.15) is 0 Å². The summed E-state index contributed by atoms with van der Waals surface area (Å²) in [7, 11) is 1.53. The zero-order chi connectivity index (χ0) is 18.6. The third kappa shape index (κ3) is 16.1. The van der Waals surface area contributed by atoms with Gasteiger partial charge in [-0.15, -0.1) is 6.58 Å². The van der Waals surface area contributed by atoms with Crippen LogP contribution in [0.3, 0.4) is 0 Å². The molecule has 0 heterocycles. The van der Waals surface area contributed by atoms with Crippen LogP contribution in [0.5, 0.6) is 0 Å². The quantitative estimate of drug-likeness (QED) is 0.158. The van der Waals surface area contributed by atoms with Crippen molar-refractivity contribution in [2.75, 3.05) is 13.7 Å². The summed E-state index contributed by atoms with van der Waals surface area (Å²) in [6.07, 6.45) is 23.5. The molecule has 0 aliphatic heterocycles. The van der Waals surface area contributed by atoms with Gasteiger partial charge in [-0.1, -0.05) is 76.5 Å². The fraction of sp³-hybridized carbons (Fsp3) is 0.773. The highest BCUT2D eigenvalue weighted by molar-refractivity contribution is 5.75. The number of rotatable bonds is 18. The first-order valence-electron chi connectivity index (χ1n) is 10.4. The maximum absolute atomic E-state index is 11.8. The molecule has 3 nitrogen and oxygen atoms in total. The molecule has 0 aromatic carbocycles. The molecule has 0 atom stereocenters. The molecule has 0 aliphatic carbocycles. The average molecular weight is 352 g/mol. The van der Waals surface area contributed by atoms with Crippen LogP contribution in [0.1, 0.15) is 96.8 Å². The molecule has 0 rings (SSSR count). The van der Waals surface area contributed by atoms with Gasteiger partial charge in [-0.05, 0) is 32.1 Å². The molecule has 0 N–H and O–H groups in total. The van der Waals surface area contributed by atoms with E-state index in [-0.39, 0.29) is 5.91 Å². The van der Waals surface area contributed by atoms with E-state index in [0.717, 1.165) is 12.8 Å². The summed E-state index contributed by atoms with van der Waals surface area (Å²) in [5.74, 6) is 0.0556. The van der Waals surface area contributed by atoms with E-state index in [2.05, 4.69) is 25.7 Å². The summed E-state index contributed by atoms with van der Waals surface area (Å²) in [5, 5.41) is 1.38. The van der Waals surface area contributed by atoms with Crippen molar-refractivity contribution in [3.05, 3.63) is 24.8 Å². The molecule has 0 radical (unpaired) electrons. The molecule has 0 saturated carbocycles. The number of hydrogen-bond donors (Lipinski definition) is 0. The summed E-state index contributed by atoms with van der Waals surface area (Å²) in [6.45, 7) is 6.35. The second-order valence-electron chi connectivity index (χ2n) is 6.76. The third-order valence-electron chi connectivity index (χ3n) is 4.45. The van der Waals surface area contributed by atoms with Gasteiger partial charge in [0.15, 0.2) is 0 Å². The zero-order valence-electron chi connectivity index (χ0n) is 16.8. The summed E-state index contributed by atoms with van der Waals surface area (Å²) in [5.41, 5.74) is 0. The van der Waals surface area contributed by atoms with Crippen LogP contribution in [-0.2, 0) is 9.63 Å². The van der Waals surface area contributed by atoms with E-state index in [1.807, 2.05) is 0 Å². The highest BCUT2D eigenvalue weighted by atomic mass is 16.7. The lowest BCUT2D eigenvalue weighted by atomic mass is 10.1. The molecular weight excluding hydrogens is 310 g/mol. The number of nitrogens with zero attached hydrogens (tertiary/aromatic N) is 1. The Labute approximate surface area is 156 Å². The van der Waals surface area contributed by atoms with Crippen LogP contribution in [0.2, 0.25) is 0 Å². The van der Waals surface area contributed by atoms with E-state index in [1.165, 1.54) is 82.8 Å².